The Morgan fingerprint density at radius 2 is 1.79 bits per heavy atom. The number of fused-ring (bicyclic) bond motifs is 1. The molecule has 4 rings (SSSR count). The number of amides is 1. The van der Waals surface area contributed by atoms with Crippen LogP contribution in [-0.4, -0.2) is 30.6 Å². The van der Waals surface area contributed by atoms with E-state index in [2.05, 4.69) is 15.2 Å². The standard InChI is InChI=1S/C22H14N4O6S/c23-12-13-6-9-18(17(10-13)22(28)29)24-21(27)20-16-8-7-14(11-19(16)32-25-20)26-33(30,31)15-4-2-1-3-5-15/h1-11,26H,(H,24,27)(H,28,29). The van der Waals surface area contributed by atoms with Crippen molar-refractivity contribution >= 4 is 44.2 Å². The predicted octanol–water partition coefficient (Wildman–Crippen LogP) is 3.45. The fourth-order valence-corrected chi connectivity index (χ4v) is 4.13. The molecule has 4 aromatic rings. The van der Waals surface area contributed by atoms with Gasteiger partial charge in [-0.25, -0.2) is 13.2 Å². The number of rotatable bonds is 6. The molecule has 3 aromatic carbocycles. The van der Waals surface area contributed by atoms with Crippen molar-refractivity contribution < 1.29 is 27.6 Å². The van der Waals surface area contributed by atoms with Gasteiger partial charge >= 0.3 is 5.97 Å². The van der Waals surface area contributed by atoms with Gasteiger partial charge in [0.15, 0.2) is 11.3 Å². The molecule has 0 unspecified atom stereocenters. The van der Waals surface area contributed by atoms with Crippen molar-refractivity contribution in [3.8, 4) is 6.07 Å². The third kappa shape index (κ3) is 4.36. The van der Waals surface area contributed by atoms with E-state index >= 15 is 0 Å². The first-order valence-corrected chi connectivity index (χ1v) is 10.8. The summed E-state index contributed by atoms with van der Waals surface area (Å²) in [5.74, 6) is -2.05. The van der Waals surface area contributed by atoms with Gasteiger partial charge in [0.2, 0.25) is 0 Å². The largest absolute Gasteiger partial charge is 0.478 e. The van der Waals surface area contributed by atoms with E-state index in [9.17, 15) is 23.1 Å². The van der Waals surface area contributed by atoms with Crippen molar-refractivity contribution in [1.82, 2.24) is 5.16 Å². The van der Waals surface area contributed by atoms with Crippen LogP contribution in [0, 0.1) is 11.3 Å². The number of carbonyl (C=O) groups excluding carboxylic acids is 1. The molecule has 0 fully saturated rings. The SMILES string of the molecule is N#Cc1ccc(NC(=O)c2noc3cc(NS(=O)(=O)c4ccccc4)ccc23)c(C(=O)O)c1. The summed E-state index contributed by atoms with van der Waals surface area (Å²) in [6, 6.07) is 17.7. The number of hydrogen-bond donors (Lipinski definition) is 3. The average molecular weight is 462 g/mol. The van der Waals surface area contributed by atoms with Crippen LogP contribution in [0.15, 0.2) is 76.1 Å². The van der Waals surface area contributed by atoms with Gasteiger partial charge in [-0.3, -0.25) is 9.52 Å². The monoisotopic (exact) mass is 462 g/mol. The minimum absolute atomic E-state index is 0.0186. The molecule has 33 heavy (non-hydrogen) atoms. The molecule has 164 valence electrons. The highest BCUT2D eigenvalue weighted by molar-refractivity contribution is 7.92. The summed E-state index contributed by atoms with van der Waals surface area (Å²) in [4.78, 5) is 24.3. The Morgan fingerprint density at radius 3 is 2.48 bits per heavy atom. The molecule has 10 nitrogen and oxygen atoms in total. The number of benzene rings is 3. The van der Waals surface area contributed by atoms with Gasteiger partial charge in [0, 0.05) is 6.07 Å². The molecule has 3 N–H and O–H groups in total. The first-order valence-electron chi connectivity index (χ1n) is 9.34. The maximum absolute atomic E-state index is 12.7. The molecule has 0 radical (unpaired) electrons. The summed E-state index contributed by atoms with van der Waals surface area (Å²) in [5, 5.41) is 24.8. The van der Waals surface area contributed by atoms with Crippen molar-refractivity contribution in [3.05, 3.63) is 83.6 Å². The molecule has 0 aliphatic heterocycles. The van der Waals surface area contributed by atoms with Crippen LogP contribution in [0.25, 0.3) is 11.0 Å². The Kier molecular flexibility index (Phi) is 5.51. The Balaban J connectivity index is 1.60. The summed E-state index contributed by atoms with van der Waals surface area (Å²) in [6.45, 7) is 0. The van der Waals surface area contributed by atoms with Crippen LogP contribution in [0.1, 0.15) is 26.4 Å². The van der Waals surface area contributed by atoms with Gasteiger partial charge in [0.1, 0.15) is 0 Å². The van der Waals surface area contributed by atoms with Crippen LogP contribution in [0.4, 0.5) is 11.4 Å². The molecule has 0 aliphatic carbocycles. The van der Waals surface area contributed by atoms with Gasteiger partial charge in [-0.15, -0.1) is 0 Å². The number of aromatic nitrogens is 1. The van der Waals surface area contributed by atoms with Gasteiger partial charge in [-0.05, 0) is 42.5 Å². The summed E-state index contributed by atoms with van der Waals surface area (Å²) in [7, 11) is -3.82. The van der Waals surface area contributed by atoms with Crippen molar-refractivity contribution in [2.75, 3.05) is 10.0 Å². The highest BCUT2D eigenvalue weighted by Crippen LogP contribution is 2.26. The lowest BCUT2D eigenvalue weighted by atomic mass is 10.1. The Bertz CT molecular complexity index is 1540. The zero-order chi connectivity index (χ0) is 23.6. The Morgan fingerprint density at radius 1 is 1.03 bits per heavy atom. The maximum Gasteiger partial charge on any atom is 0.337 e. The van der Waals surface area contributed by atoms with Gasteiger partial charge in [0.05, 0.1) is 38.9 Å². The zero-order valence-corrected chi connectivity index (χ0v) is 17.5. The van der Waals surface area contributed by atoms with Crippen LogP contribution < -0.4 is 10.0 Å². The number of nitriles is 1. The molecule has 1 amide bonds. The van der Waals surface area contributed by atoms with E-state index in [4.69, 9.17) is 9.78 Å². The summed E-state index contributed by atoms with van der Waals surface area (Å²) >= 11 is 0. The molecule has 0 saturated carbocycles. The highest BCUT2D eigenvalue weighted by Gasteiger charge is 2.21. The number of nitrogens with zero attached hydrogens (tertiary/aromatic N) is 2. The van der Waals surface area contributed by atoms with E-state index in [0.29, 0.717) is 5.39 Å². The smallest absolute Gasteiger partial charge is 0.337 e. The van der Waals surface area contributed by atoms with Gasteiger partial charge in [0.25, 0.3) is 15.9 Å². The van der Waals surface area contributed by atoms with Crippen LogP contribution >= 0.6 is 0 Å². The average Bonchev–Trinajstić information content (AvgIpc) is 3.23. The highest BCUT2D eigenvalue weighted by atomic mass is 32.2. The van der Waals surface area contributed by atoms with Crippen molar-refractivity contribution in [2.24, 2.45) is 0 Å². The quantitative estimate of drug-likeness (QED) is 0.392. The van der Waals surface area contributed by atoms with E-state index in [1.54, 1.807) is 18.2 Å². The van der Waals surface area contributed by atoms with E-state index in [-0.39, 0.29) is 38.7 Å². The van der Waals surface area contributed by atoms with Crippen LogP contribution in [0.5, 0.6) is 0 Å². The fourth-order valence-electron chi connectivity index (χ4n) is 3.06. The number of carboxylic acid groups (broad SMARTS) is 1. The second kappa shape index (κ2) is 8.45. The van der Waals surface area contributed by atoms with Crippen molar-refractivity contribution in [3.63, 3.8) is 0 Å². The van der Waals surface area contributed by atoms with Gasteiger partial charge in [-0.1, -0.05) is 23.4 Å². The van der Waals surface area contributed by atoms with Crippen LogP contribution in [0.2, 0.25) is 0 Å². The number of hydrogen-bond acceptors (Lipinski definition) is 7. The molecule has 1 heterocycles. The van der Waals surface area contributed by atoms with E-state index in [1.165, 1.54) is 42.5 Å². The van der Waals surface area contributed by atoms with E-state index in [0.717, 1.165) is 6.07 Å². The lowest BCUT2D eigenvalue weighted by Gasteiger charge is -2.08. The first kappa shape index (κ1) is 21.5. The third-order valence-corrected chi connectivity index (χ3v) is 6.02. The second-order valence-corrected chi connectivity index (χ2v) is 8.47. The number of sulfonamides is 1. The molecular weight excluding hydrogens is 448 g/mol. The maximum atomic E-state index is 12.7. The van der Waals surface area contributed by atoms with Gasteiger partial charge < -0.3 is 14.9 Å². The normalized spacial score (nSPS) is 11.0. The minimum Gasteiger partial charge on any atom is -0.478 e. The molecule has 1 aromatic heterocycles. The molecular formula is C22H14N4O6S. The van der Waals surface area contributed by atoms with Gasteiger partial charge in [-0.2, -0.15) is 5.26 Å². The number of anilines is 2. The van der Waals surface area contributed by atoms with Crippen molar-refractivity contribution in [2.45, 2.75) is 4.90 Å². The summed E-state index contributed by atoms with van der Waals surface area (Å²) < 4.78 is 32.6. The Labute approximate surface area is 187 Å². The fraction of sp³-hybridized carbons (Fsp3) is 0. The minimum atomic E-state index is -3.82. The van der Waals surface area contributed by atoms with Crippen molar-refractivity contribution in [1.29, 1.82) is 5.26 Å². The topological polar surface area (TPSA) is 162 Å². The molecule has 0 atom stereocenters. The summed E-state index contributed by atoms with van der Waals surface area (Å²) in [6.07, 6.45) is 0. The third-order valence-electron chi connectivity index (χ3n) is 4.62. The lowest BCUT2D eigenvalue weighted by Crippen LogP contribution is -2.15. The Hall–Kier alpha value is -4.69. The molecule has 0 spiro atoms. The summed E-state index contributed by atoms with van der Waals surface area (Å²) in [5.41, 5.74) is 0.0787. The molecule has 0 aliphatic rings. The lowest BCUT2D eigenvalue weighted by molar-refractivity contribution is 0.0698. The predicted molar refractivity (Wildman–Crippen MR) is 117 cm³/mol. The van der Waals surface area contributed by atoms with Crippen LogP contribution in [0.3, 0.4) is 0 Å². The molecule has 0 bridgehead atoms. The van der Waals surface area contributed by atoms with Crippen LogP contribution in [-0.2, 0) is 10.0 Å². The van der Waals surface area contributed by atoms with E-state index < -0.39 is 21.9 Å². The number of carboxylic acids is 1. The second-order valence-electron chi connectivity index (χ2n) is 6.79. The molecule has 0 saturated heterocycles. The number of nitrogens with one attached hydrogen (secondary N) is 2. The zero-order valence-electron chi connectivity index (χ0n) is 16.6. The molecule has 11 heteroatoms. The number of carbonyl (C=O) groups is 2. The number of aromatic carboxylic acids is 1. The first-order chi connectivity index (χ1) is 15.8. The van der Waals surface area contributed by atoms with E-state index in [1.807, 2.05) is 6.07 Å².